The summed E-state index contributed by atoms with van der Waals surface area (Å²) in [4.78, 5) is 33.0. The van der Waals surface area contributed by atoms with Crippen LogP contribution in [0.25, 0.3) is 22.3 Å². The lowest BCUT2D eigenvalue weighted by Gasteiger charge is -2.30. The van der Waals surface area contributed by atoms with Gasteiger partial charge in [-0.15, -0.1) is 0 Å². The molecule has 0 N–H and O–H groups in total. The molecular formula is C37H38N4O5. The van der Waals surface area contributed by atoms with E-state index in [0.717, 1.165) is 34.2 Å². The van der Waals surface area contributed by atoms with Gasteiger partial charge in [-0.25, -0.2) is 9.59 Å². The number of carbonyl (C=O) groups excluding carboxylic acids is 1. The van der Waals surface area contributed by atoms with Gasteiger partial charge in [-0.05, 0) is 67.7 Å². The number of benzene rings is 3. The Morgan fingerprint density at radius 2 is 1.52 bits per heavy atom. The molecule has 2 aromatic heterocycles. The van der Waals surface area contributed by atoms with Gasteiger partial charge in [0.25, 0.3) is 0 Å². The zero-order valence-corrected chi connectivity index (χ0v) is 26.6. The molecule has 1 amide bonds. The first-order valence-electron chi connectivity index (χ1n) is 15.4. The van der Waals surface area contributed by atoms with Gasteiger partial charge in [-0.2, -0.15) is 4.98 Å². The van der Waals surface area contributed by atoms with Crippen LogP contribution in [0.5, 0.6) is 11.8 Å². The molecule has 0 bridgehead atoms. The summed E-state index contributed by atoms with van der Waals surface area (Å²) in [6, 6.07) is 29.1. The lowest BCUT2D eigenvalue weighted by atomic mass is 10.0. The molecule has 0 aliphatic carbocycles. The third-order valence-electron chi connectivity index (χ3n) is 7.73. The van der Waals surface area contributed by atoms with Crippen molar-refractivity contribution in [1.82, 2.24) is 19.0 Å². The van der Waals surface area contributed by atoms with Crippen LogP contribution in [0.15, 0.2) is 102 Å². The molecule has 236 valence electrons. The Labute approximate surface area is 268 Å². The Balaban J connectivity index is 1.33. The number of hydrogen-bond donors (Lipinski definition) is 0. The van der Waals surface area contributed by atoms with E-state index >= 15 is 0 Å². The third kappa shape index (κ3) is 6.83. The van der Waals surface area contributed by atoms with Crippen molar-refractivity contribution in [2.24, 2.45) is 7.05 Å². The lowest BCUT2D eigenvalue weighted by Crippen LogP contribution is -2.39. The van der Waals surface area contributed by atoms with Crippen LogP contribution in [0.1, 0.15) is 43.9 Å². The average Bonchev–Trinajstić information content (AvgIpc) is 3.31. The number of rotatable bonds is 8. The summed E-state index contributed by atoms with van der Waals surface area (Å²) in [5.74, 6) is 0.682. The van der Waals surface area contributed by atoms with Gasteiger partial charge in [-0.3, -0.25) is 9.13 Å². The van der Waals surface area contributed by atoms with Crippen molar-refractivity contribution < 1.29 is 19.0 Å². The SMILES string of the molecule is Cn1c(=O)n(-c2ccc(OCc3ccccc3)nc2OCc2ccccc2)c2ccc(C3=CCCN(C(=O)OC(C)(C)C)C3)cc21. The van der Waals surface area contributed by atoms with E-state index in [9.17, 15) is 9.59 Å². The summed E-state index contributed by atoms with van der Waals surface area (Å²) in [7, 11) is 1.75. The van der Waals surface area contributed by atoms with Gasteiger partial charge in [0.05, 0.1) is 11.0 Å². The molecule has 1 aliphatic rings. The second kappa shape index (κ2) is 13.0. The van der Waals surface area contributed by atoms with Crippen molar-refractivity contribution in [3.8, 4) is 17.4 Å². The fraction of sp³-hybridized carbons (Fsp3) is 0.270. The number of pyridine rings is 1. The molecule has 3 aromatic carbocycles. The number of aromatic nitrogens is 3. The minimum absolute atomic E-state index is 0.232. The molecular weight excluding hydrogens is 580 g/mol. The molecule has 0 radical (unpaired) electrons. The van der Waals surface area contributed by atoms with Crippen molar-refractivity contribution in [2.75, 3.05) is 13.1 Å². The van der Waals surface area contributed by atoms with E-state index < -0.39 is 5.60 Å². The smallest absolute Gasteiger partial charge is 0.410 e. The van der Waals surface area contributed by atoms with E-state index in [1.54, 1.807) is 27.1 Å². The molecule has 5 aromatic rings. The van der Waals surface area contributed by atoms with Crippen LogP contribution in [0, 0.1) is 0 Å². The summed E-state index contributed by atoms with van der Waals surface area (Å²) < 4.78 is 21.1. The summed E-state index contributed by atoms with van der Waals surface area (Å²) in [5.41, 5.74) is 5.11. The summed E-state index contributed by atoms with van der Waals surface area (Å²) in [6.07, 6.45) is 2.54. The normalized spacial score (nSPS) is 13.4. The van der Waals surface area contributed by atoms with Crippen LogP contribution in [0.3, 0.4) is 0 Å². The second-order valence-electron chi connectivity index (χ2n) is 12.3. The number of aryl methyl sites for hydroxylation is 1. The van der Waals surface area contributed by atoms with E-state index in [4.69, 9.17) is 19.2 Å². The number of imidazole rings is 1. The third-order valence-corrected chi connectivity index (χ3v) is 7.73. The molecule has 3 heterocycles. The Hall–Kier alpha value is -5.31. The highest BCUT2D eigenvalue weighted by Crippen LogP contribution is 2.30. The Bertz CT molecular complexity index is 1940. The first-order chi connectivity index (χ1) is 22.2. The van der Waals surface area contributed by atoms with E-state index in [1.807, 2.05) is 106 Å². The molecule has 0 unspecified atom stereocenters. The van der Waals surface area contributed by atoms with E-state index in [-0.39, 0.29) is 24.3 Å². The van der Waals surface area contributed by atoms with Crippen molar-refractivity contribution in [3.05, 3.63) is 124 Å². The molecule has 0 saturated heterocycles. The molecule has 0 saturated carbocycles. The Morgan fingerprint density at radius 3 is 2.20 bits per heavy atom. The van der Waals surface area contributed by atoms with Gasteiger partial charge < -0.3 is 19.1 Å². The van der Waals surface area contributed by atoms with Gasteiger partial charge in [0, 0.05) is 26.2 Å². The fourth-order valence-corrected chi connectivity index (χ4v) is 5.44. The minimum Gasteiger partial charge on any atom is -0.473 e. The molecule has 1 aliphatic heterocycles. The van der Waals surface area contributed by atoms with Crippen LogP contribution in [-0.2, 0) is 25.0 Å². The van der Waals surface area contributed by atoms with Gasteiger partial charge in [0.15, 0.2) is 0 Å². The standard InChI is InChI=1S/C37H38N4O5/c1-37(2,3)46-36(43)40-21-11-16-29(23-40)28-17-18-30-32(22-28)39(4)35(42)41(30)31-19-20-33(44-24-26-12-7-5-8-13-26)38-34(31)45-25-27-14-9-6-10-15-27/h5-10,12-20,22H,11,21,23-25H2,1-4H3. The number of amides is 1. The maximum absolute atomic E-state index is 13.8. The number of nitrogens with zero attached hydrogens (tertiary/aromatic N) is 4. The van der Waals surface area contributed by atoms with Crippen molar-refractivity contribution in [1.29, 1.82) is 0 Å². The zero-order chi connectivity index (χ0) is 32.3. The predicted octanol–water partition coefficient (Wildman–Crippen LogP) is 6.91. The molecule has 46 heavy (non-hydrogen) atoms. The Morgan fingerprint density at radius 1 is 0.848 bits per heavy atom. The highest BCUT2D eigenvalue weighted by atomic mass is 16.6. The number of carbonyl (C=O) groups is 1. The number of fused-ring (bicyclic) bond motifs is 1. The fourth-order valence-electron chi connectivity index (χ4n) is 5.44. The van der Waals surface area contributed by atoms with E-state index in [0.29, 0.717) is 36.8 Å². The van der Waals surface area contributed by atoms with Crippen molar-refractivity contribution >= 4 is 22.7 Å². The molecule has 0 atom stereocenters. The van der Waals surface area contributed by atoms with E-state index in [2.05, 4.69) is 6.08 Å². The van der Waals surface area contributed by atoms with Gasteiger partial charge in [-0.1, -0.05) is 72.8 Å². The van der Waals surface area contributed by atoms with Crippen LogP contribution < -0.4 is 15.2 Å². The second-order valence-corrected chi connectivity index (χ2v) is 12.3. The van der Waals surface area contributed by atoms with Gasteiger partial charge in [0.2, 0.25) is 11.8 Å². The quantitative estimate of drug-likeness (QED) is 0.188. The maximum atomic E-state index is 13.8. The van der Waals surface area contributed by atoms with Crippen molar-refractivity contribution in [2.45, 2.75) is 46.0 Å². The zero-order valence-electron chi connectivity index (χ0n) is 26.6. The Kier molecular flexibility index (Phi) is 8.66. The topological polar surface area (TPSA) is 87.8 Å². The lowest BCUT2D eigenvalue weighted by molar-refractivity contribution is 0.0273. The predicted molar refractivity (Wildman–Crippen MR) is 178 cm³/mol. The number of ether oxygens (including phenoxy) is 3. The van der Waals surface area contributed by atoms with Gasteiger partial charge >= 0.3 is 11.8 Å². The molecule has 9 nitrogen and oxygen atoms in total. The molecule has 9 heteroatoms. The minimum atomic E-state index is -0.566. The largest absolute Gasteiger partial charge is 0.473 e. The van der Waals surface area contributed by atoms with Crippen LogP contribution in [0.2, 0.25) is 0 Å². The summed E-state index contributed by atoms with van der Waals surface area (Å²) in [6.45, 7) is 7.25. The van der Waals surface area contributed by atoms with Crippen LogP contribution in [-0.4, -0.2) is 43.8 Å². The molecule has 0 spiro atoms. The first-order valence-corrected chi connectivity index (χ1v) is 15.4. The first kappa shape index (κ1) is 30.7. The molecule has 6 rings (SSSR count). The monoisotopic (exact) mass is 618 g/mol. The summed E-state index contributed by atoms with van der Waals surface area (Å²) in [5, 5.41) is 0. The van der Waals surface area contributed by atoms with Crippen molar-refractivity contribution in [3.63, 3.8) is 0 Å². The van der Waals surface area contributed by atoms with E-state index in [1.165, 1.54) is 0 Å². The van der Waals surface area contributed by atoms with Crippen LogP contribution >= 0.6 is 0 Å². The van der Waals surface area contributed by atoms with Crippen LogP contribution in [0.4, 0.5) is 4.79 Å². The summed E-state index contributed by atoms with van der Waals surface area (Å²) >= 11 is 0. The highest BCUT2D eigenvalue weighted by Gasteiger charge is 2.25. The number of hydrogen-bond acceptors (Lipinski definition) is 6. The van der Waals surface area contributed by atoms with Gasteiger partial charge in [0.1, 0.15) is 24.5 Å². The average molecular weight is 619 g/mol. The highest BCUT2D eigenvalue weighted by molar-refractivity contribution is 5.84. The molecule has 0 fully saturated rings. The maximum Gasteiger partial charge on any atom is 0.410 e.